The number of hydrogen-bond acceptors (Lipinski definition) is 4. The topological polar surface area (TPSA) is 97.5 Å². The van der Waals surface area contributed by atoms with Gasteiger partial charge in [0.1, 0.15) is 0 Å². The van der Waals surface area contributed by atoms with Crippen LogP contribution in [0.2, 0.25) is 0 Å². The Morgan fingerprint density at radius 1 is 1.62 bits per heavy atom. The molecule has 1 saturated heterocycles. The quantitative estimate of drug-likeness (QED) is 0.623. The summed E-state index contributed by atoms with van der Waals surface area (Å²) in [6.45, 7) is 0.00944. The molecule has 1 rings (SSSR count). The van der Waals surface area contributed by atoms with Crippen molar-refractivity contribution in [3.8, 4) is 0 Å². The second-order valence-corrected chi connectivity index (χ2v) is 5.57. The molecule has 1 heterocycles. The molecular formula is C7H13NO4S. The first-order valence-corrected chi connectivity index (χ1v) is 5.91. The molecule has 6 heteroatoms. The number of sulfone groups is 1. The molecule has 0 aliphatic carbocycles. The minimum absolute atomic E-state index is 0.00944. The van der Waals surface area contributed by atoms with Gasteiger partial charge in [-0.3, -0.25) is 4.79 Å². The summed E-state index contributed by atoms with van der Waals surface area (Å²) in [5.74, 6) is -1.93. The molecule has 1 aliphatic heterocycles. The Balaban J connectivity index is 2.69. The van der Waals surface area contributed by atoms with E-state index in [0.717, 1.165) is 0 Å². The maximum Gasteiger partial charge on any atom is 0.308 e. The van der Waals surface area contributed by atoms with Crippen LogP contribution in [0, 0.1) is 11.8 Å². The lowest BCUT2D eigenvalue weighted by Crippen LogP contribution is -2.31. The van der Waals surface area contributed by atoms with E-state index in [2.05, 4.69) is 0 Å². The smallest absolute Gasteiger partial charge is 0.308 e. The van der Waals surface area contributed by atoms with Crippen LogP contribution in [0.25, 0.3) is 0 Å². The predicted octanol–water partition coefficient (Wildman–Crippen LogP) is -0.919. The Labute approximate surface area is 76.8 Å². The van der Waals surface area contributed by atoms with Crippen molar-refractivity contribution in [3.63, 3.8) is 0 Å². The normalized spacial score (nSPS) is 28.5. The molecule has 0 aromatic rings. The summed E-state index contributed by atoms with van der Waals surface area (Å²) in [4.78, 5) is 10.7. The first-order chi connectivity index (χ1) is 5.96. The van der Waals surface area contributed by atoms with Crippen LogP contribution in [0.1, 0.15) is 6.42 Å². The largest absolute Gasteiger partial charge is 0.481 e. The molecule has 0 aromatic heterocycles. The van der Waals surface area contributed by atoms with E-state index in [4.69, 9.17) is 10.8 Å². The highest BCUT2D eigenvalue weighted by molar-refractivity contribution is 7.91. The predicted molar refractivity (Wildman–Crippen MR) is 46.9 cm³/mol. The van der Waals surface area contributed by atoms with Crippen LogP contribution in [0.3, 0.4) is 0 Å². The molecule has 2 unspecified atom stereocenters. The summed E-state index contributed by atoms with van der Waals surface area (Å²) in [7, 11) is -3.00. The van der Waals surface area contributed by atoms with Crippen LogP contribution in [0.5, 0.6) is 0 Å². The lowest BCUT2D eigenvalue weighted by molar-refractivity contribution is -0.142. The second-order valence-electron chi connectivity index (χ2n) is 3.34. The Kier molecular flexibility index (Phi) is 2.92. The van der Waals surface area contributed by atoms with Gasteiger partial charge in [0.25, 0.3) is 0 Å². The molecule has 1 aliphatic rings. The molecular weight excluding hydrogens is 194 g/mol. The van der Waals surface area contributed by atoms with Crippen LogP contribution in [-0.4, -0.2) is 37.5 Å². The van der Waals surface area contributed by atoms with Gasteiger partial charge in [-0.05, 0) is 12.3 Å². The van der Waals surface area contributed by atoms with Crippen molar-refractivity contribution in [2.45, 2.75) is 6.42 Å². The number of carboxylic acids is 1. The zero-order valence-electron chi connectivity index (χ0n) is 7.14. The van der Waals surface area contributed by atoms with Crippen LogP contribution >= 0.6 is 0 Å². The van der Waals surface area contributed by atoms with Crippen molar-refractivity contribution in [2.75, 3.05) is 18.1 Å². The summed E-state index contributed by atoms with van der Waals surface area (Å²) < 4.78 is 22.1. The van der Waals surface area contributed by atoms with Gasteiger partial charge in [-0.2, -0.15) is 0 Å². The van der Waals surface area contributed by atoms with Crippen molar-refractivity contribution in [3.05, 3.63) is 0 Å². The Bertz CT molecular complexity index is 298. The lowest BCUT2D eigenvalue weighted by Gasteiger charge is -2.15. The molecule has 0 aromatic carbocycles. The van der Waals surface area contributed by atoms with Crippen LogP contribution in [-0.2, 0) is 14.6 Å². The monoisotopic (exact) mass is 207 g/mol. The van der Waals surface area contributed by atoms with Crippen LogP contribution in [0.4, 0.5) is 0 Å². The third kappa shape index (κ3) is 2.41. The molecule has 0 radical (unpaired) electrons. The van der Waals surface area contributed by atoms with Gasteiger partial charge in [0, 0.05) is 6.54 Å². The molecule has 1 fully saturated rings. The van der Waals surface area contributed by atoms with Crippen molar-refractivity contribution >= 4 is 15.8 Å². The first-order valence-electron chi connectivity index (χ1n) is 4.09. The van der Waals surface area contributed by atoms with E-state index in [-0.39, 0.29) is 24.0 Å². The van der Waals surface area contributed by atoms with E-state index in [1.807, 2.05) is 0 Å². The fourth-order valence-corrected chi connectivity index (χ4v) is 3.52. The van der Waals surface area contributed by atoms with E-state index in [1.165, 1.54) is 0 Å². The molecule has 0 amide bonds. The van der Waals surface area contributed by atoms with E-state index in [0.29, 0.717) is 6.42 Å². The zero-order valence-corrected chi connectivity index (χ0v) is 7.96. The molecule has 76 valence electrons. The standard InChI is InChI=1S/C7H13NO4S/c8-3-6(7(9)10)5-1-2-13(11,12)4-5/h5-6H,1-4,8H2,(H,9,10). The van der Waals surface area contributed by atoms with Gasteiger partial charge in [0.2, 0.25) is 0 Å². The molecule has 0 bridgehead atoms. The van der Waals surface area contributed by atoms with Crippen molar-refractivity contribution in [1.82, 2.24) is 0 Å². The number of carbonyl (C=O) groups is 1. The highest BCUT2D eigenvalue weighted by Crippen LogP contribution is 2.25. The van der Waals surface area contributed by atoms with Gasteiger partial charge in [-0.25, -0.2) is 8.42 Å². The van der Waals surface area contributed by atoms with Gasteiger partial charge >= 0.3 is 5.97 Å². The number of nitrogens with two attached hydrogens (primary N) is 1. The summed E-state index contributed by atoms with van der Waals surface area (Å²) in [6, 6.07) is 0. The average Bonchev–Trinajstić information content (AvgIpc) is 2.31. The maximum atomic E-state index is 11.1. The summed E-state index contributed by atoms with van der Waals surface area (Å²) in [6.07, 6.45) is 0.427. The minimum Gasteiger partial charge on any atom is -0.481 e. The van der Waals surface area contributed by atoms with Crippen molar-refractivity contribution in [2.24, 2.45) is 17.6 Å². The van der Waals surface area contributed by atoms with Gasteiger partial charge in [-0.1, -0.05) is 0 Å². The molecule has 2 atom stereocenters. The molecule has 0 spiro atoms. The van der Waals surface area contributed by atoms with Crippen molar-refractivity contribution in [1.29, 1.82) is 0 Å². The highest BCUT2D eigenvalue weighted by atomic mass is 32.2. The second kappa shape index (κ2) is 3.63. The molecule has 3 N–H and O–H groups in total. The highest BCUT2D eigenvalue weighted by Gasteiger charge is 2.36. The molecule has 5 nitrogen and oxygen atoms in total. The van der Waals surface area contributed by atoms with Gasteiger partial charge < -0.3 is 10.8 Å². The molecule has 0 saturated carbocycles. The van der Waals surface area contributed by atoms with E-state index < -0.39 is 21.7 Å². The minimum atomic E-state index is -3.00. The van der Waals surface area contributed by atoms with Gasteiger partial charge in [0.15, 0.2) is 9.84 Å². The Morgan fingerprint density at radius 2 is 2.23 bits per heavy atom. The SMILES string of the molecule is NCC(C(=O)O)C1CCS(=O)(=O)C1. The van der Waals surface area contributed by atoms with Crippen LogP contribution in [0.15, 0.2) is 0 Å². The third-order valence-corrected chi connectivity index (χ3v) is 4.20. The number of carboxylic acid groups (broad SMARTS) is 1. The van der Waals surface area contributed by atoms with Crippen molar-refractivity contribution < 1.29 is 18.3 Å². The van der Waals surface area contributed by atoms with Gasteiger partial charge in [0.05, 0.1) is 17.4 Å². The summed E-state index contributed by atoms with van der Waals surface area (Å²) in [5, 5.41) is 8.73. The first kappa shape index (κ1) is 10.5. The Morgan fingerprint density at radius 3 is 2.54 bits per heavy atom. The lowest BCUT2D eigenvalue weighted by atomic mass is 9.92. The van der Waals surface area contributed by atoms with E-state index >= 15 is 0 Å². The van der Waals surface area contributed by atoms with Crippen LogP contribution < -0.4 is 5.73 Å². The van der Waals surface area contributed by atoms with E-state index in [1.54, 1.807) is 0 Å². The molecule has 13 heavy (non-hydrogen) atoms. The fourth-order valence-electron chi connectivity index (χ4n) is 1.64. The number of hydrogen-bond donors (Lipinski definition) is 2. The zero-order chi connectivity index (χ0) is 10.1. The number of rotatable bonds is 3. The maximum absolute atomic E-state index is 11.1. The fraction of sp³-hybridized carbons (Fsp3) is 0.857. The summed E-state index contributed by atoms with van der Waals surface area (Å²) >= 11 is 0. The summed E-state index contributed by atoms with van der Waals surface area (Å²) in [5.41, 5.74) is 5.27. The third-order valence-electron chi connectivity index (χ3n) is 2.41. The Hall–Kier alpha value is -0.620. The van der Waals surface area contributed by atoms with Gasteiger partial charge in [-0.15, -0.1) is 0 Å². The average molecular weight is 207 g/mol. The van der Waals surface area contributed by atoms with E-state index in [9.17, 15) is 13.2 Å². The number of aliphatic carboxylic acids is 1.